The summed E-state index contributed by atoms with van der Waals surface area (Å²) in [5, 5.41) is 20.3. The van der Waals surface area contributed by atoms with E-state index in [1.807, 2.05) is 19.1 Å². The van der Waals surface area contributed by atoms with Crippen LogP contribution in [0, 0.1) is 11.3 Å². The van der Waals surface area contributed by atoms with E-state index in [-0.39, 0.29) is 36.0 Å². The summed E-state index contributed by atoms with van der Waals surface area (Å²) in [6, 6.07) is 8.76. The van der Waals surface area contributed by atoms with Gasteiger partial charge in [-0.15, -0.1) is 10.2 Å². The number of aromatic nitrogens is 1. The molecule has 0 aliphatic rings. The maximum absolute atomic E-state index is 12.5. The van der Waals surface area contributed by atoms with Crippen molar-refractivity contribution in [3.05, 3.63) is 55.1 Å². The molecule has 1 aromatic carbocycles. The number of ether oxygens (including phenoxy) is 1. The van der Waals surface area contributed by atoms with Crippen LogP contribution in [0.2, 0.25) is 0 Å². The standard InChI is InChI=1S/C26H31N7O4/c1-4-20(34)9-7-8-13-33(6-3)19-10-11-21(31-32-26-18(17-27)15-23(28)30-26)22(16-19)29-24(35)12-14-37-25(36)5-2/h4-5,10-11,15-16,30H,1-2,6-9,12-14,28H2,3H3,(H,29,35). The molecule has 0 saturated heterocycles. The Kier molecular flexibility index (Phi) is 11.3. The lowest BCUT2D eigenvalue weighted by Crippen LogP contribution is -2.24. The molecule has 0 spiro atoms. The van der Waals surface area contributed by atoms with E-state index in [1.165, 1.54) is 12.1 Å². The van der Waals surface area contributed by atoms with Gasteiger partial charge in [0.2, 0.25) is 5.91 Å². The van der Waals surface area contributed by atoms with Gasteiger partial charge in [-0.25, -0.2) is 4.79 Å². The van der Waals surface area contributed by atoms with E-state index in [1.54, 1.807) is 12.1 Å². The van der Waals surface area contributed by atoms with Crippen LogP contribution in [0.15, 0.2) is 59.8 Å². The zero-order valence-electron chi connectivity index (χ0n) is 20.8. The van der Waals surface area contributed by atoms with Crippen molar-refractivity contribution >= 4 is 46.4 Å². The van der Waals surface area contributed by atoms with Gasteiger partial charge in [-0.05, 0) is 50.1 Å². The molecule has 1 heterocycles. The molecule has 0 aliphatic heterocycles. The minimum atomic E-state index is -0.615. The number of benzene rings is 1. The number of ketones is 1. The number of hydrogen-bond acceptors (Lipinski definition) is 9. The number of nitrogen functional groups attached to an aromatic ring is 1. The van der Waals surface area contributed by atoms with Crippen LogP contribution in [0.3, 0.4) is 0 Å². The summed E-state index contributed by atoms with van der Waals surface area (Å²) >= 11 is 0. The van der Waals surface area contributed by atoms with Gasteiger partial charge in [-0.2, -0.15) is 5.26 Å². The van der Waals surface area contributed by atoms with Gasteiger partial charge >= 0.3 is 5.97 Å². The first-order chi connectivity index (χ1) is 17.8. The fraction of sp³-hybridized carbons (Fsp3) is 0.308. The monoisotopic (exact) mass is 505 g/mol. The van der Waals surface area contributed by atoms with Crippen LogP contribution in [0.5, 0.6) is 0 Å². The molecule has 0 unspecified atom stereocenters. The van der Waals surface area contributed by atoms with Crippen molar-refractivity contribution in [2.24, 2.45) is 10.2 Å². The van der Waals surface area contributed by atoms with Crippen LogP contribution in [0.1, 0.15) is 38.2 Å². The molecule has 0 fully saturated rings. The molecule has 1 amide bonds. The Labute approximate surface area is 215 Å². The van der Waals surface area contributed by atoms with Crippen molar-refractivity contribution < 1.29 is 19.1 Å². The number of nitrogens with one attached hydrogen (secondary N) is 2. The van der Waals surface area contributed by atoms with E-state index in [4.69, 9.17) is 10.5 Å². The van der Waals surface area contributed by atoms with Crippen molar-refractivity contribution in [1.82, 2.24) is 4.98 Å². The molecule has 11 heteroatoms. The highest BCUT2D eigenvalue weighted by Crippen LogP contribution is 2.32. The molecule has 0 saturated carbocycles. The largest absolute Gasteiger partial charge is 0.462 e. The SMILES string of the molecule is C=CC(=O)CCCCN(CC)c1ccc(N=Nc2[nH]c(N)cc2C#N)c(NC(=O)CCOC(=O)C=C)c1. The van der Waals surface area contributed by atoms with Crippen molar-refractivity contribution in [1.29, 1.82) is 5.26 Å². The number of H-pyrrole nitrogens is 1. The summed E-state index contributed by atoms with van der Waals surface area (Å²) in [6.45, 7) is 10.1. The minimum absolute atomic E-state index is 0.0184. The molecular weight excluding hydrogens is 474 g/mol. The number of amides is 1. The Morgan fingerprint density at radius 2 is 1.97 bits per heavy atom. The zero-order valence-corrected chi connectivity index (χ0v) is 20.8. The van der Waals surface area contributed by atoms with E-state index in [0.717, 1.165) is 24.6 Å². The van der Waals surface area contributed by atoms with Crippen LogP contribution in [0.4, 0.5) is 28.7 Å². The predicted octanol–water partition coefficient (Wildman–Crippen LogP) is 4.69. The van der Waals surface area contributed by atoms with Gasteiger partial charge in [-0.1, -0.05) is 13.2 Å². The summed E-state index contributed by atoms with van der Waals surface area (Å²) in [4.78, 5) is 40.1. The van der Waals surface area contributed by atoms with Gasteiger partial charge < -0.3 is 25.7 Å². The Hall–Kier alpha value is -4.72. The second-order valence-corrected chi connectivity index (χ2v) is 7.88. The maximum atomic E-state index is 12.5. The van der Waals surface area contributed by atoms with E-state index in [9.17, 15) is 19.6 Å². The van der Waals surface area contributed by atoms with Crippen LogP contribution in [-0.2, 0) is 19.1 Å². The molecule has 0 aliphatic carbocycles. The number of azo groups is 1. The van der Waals surface area contributed by atoms with Crippen molar-refractivity contribution in [2.75, 3.05) is 35.6 Å². The van der Waals surface area contributed by atoms with Crippen molar-refractivity contribution in [3.8, 4) is 6.07 Å². The van der Waals surface area contributed by atoms with E-state index in [0.29, 0.717) is 30.9 Å². The number of anilines is 3. The predicted molar refractivity (Wildman–Crippen MR) is 142 cm³/mol. The van der Waals surface area contributed by atoms with E-state index >= 15 is 0 Å². The second-order valence-electron chi connectivity index (χ2n) is 7.88. The smallest absolute Gasteiger partial charge is 0.330 e. The summed E-state index contributed by atoms with van der Waals surface area (Å²) in [7, 11) is 0. The number of carbonyl (C=O) groups is 3. The van der Waals surface area contributed by atoms with Crippen molar-refractivity contribution in [3.63, 3.8) is 0 Å². The Morgan fingerprint density at radius 3 is 2.65 bits per heavy atom. The number of hydrogen-bond donors (Lipinski definition) is 3. The van der Waals surface area contributed by atoms with Gasteiger partial charge in [0.15, 0.2) is 11.6 Å². The number of nitrogens with zero attached hydrogens (tertiary/aromatic N) is 4. The molecule has 194 valence electrons. The minimum Gasteiger partial charge on any atom is -0.462 e. The zero-order chi connectivity index (χ0) is 27.2. The average molecular weight is 506 g/mol. The number of rotatable bonds is 15. The summed E-state index contributed by atoms with van der Waals surface area (Å²) in [5.41, 5.74) is 7.52. The first kappa shape index (κ1) is 28.5. The van der Waals surface area contributed by atoms with Crippen LogP contribution in [0.25, 0.3) is 0 Å². The number of unbranched alkanes of at least 4 members (excludes halogenated alkanes) is 1. The molecule has 0 radical (unpaired) electrons. The quantitative estimate of drug-likeness (QED) is 0.137. The van der Waals surface area contributed by atoms with E-state index < -0.39 is 11.9 Å². The second kappa shape index (κ2) is 14.6. The topological polar surface area (TPSA) is 166 Å². The first-order valence-electron chi connectivity index (χ1n) is 11.7. The molecule has 37 heavy (non-hydrogen) atoms. The molecular formula is C26H31N7O4. The van der Waals surface area contributed by atoms with Gasteiger partial charge in [0.25, 0.3) is 0 Å². The third-order valence-corrected chi connectivity index (χ3v) is 5.27. The summed E-state index contributed by atoms with van der Waals surface area (Å²) in [6.07, 6.45) is 4.28. The lowest BCUT2D eigenvalue weighted by molar-refractivity contribution is -0.138. The maximum Gasteiger partial charge on any atom is 0.330 e. The van der Waals surface area contributed by atoms with Crippen LogP contribution in [-0.4, -0.2) is 42.3 Å². The number of esters is 1. The number of aromatic amines is 1. The van der Waals surface area contributed by atoms with Gasteiger partial charge in [-0.3, -0.25) is 9.59 Å². The molecule has 4 N–H and O–H groups in total. The van der Waals surface area contributed by atoms with Crippen molar-refractivity contribution in [2.45, 2.75) is 32.6 Å². The molecule has 2 rings (SSSR count). The fourth-order valence-electron chi connectivity index (χ4n) is 3.33. The number of nitriles is 1. The third kappa shape index (κ3) is 9.10. The highest BCUT2D eigenvalue weighted by atomic mass is 16.5. The molecule has 2 aromatic rings. The first-order valence-corrected chi connectivity index (χ1v) is 11.7. The lowest BCUT2D eigenvalue weighted by Gasteiger charge is -2.24. The van der Waals surface area contributed by atoms with Crippen LogP contribution >= 0.6 is 0 Å². The number of allylic oxidation sites excluding steroid dienone is 1. The molecule has 11 nitrogen and oxygen atoms in total. The Bertz CT molecular complexity index is 1210. The van der Waals surface area contributed by atoms with Crippen LogP contribution < -0.4 is 16.0 Å². The van der Waals surface area contributed by atoms with Gasteiger partial charge in [0.1, 0.15) is 29.7 Å². The lowest BCUT2D eigenvalue weighted by atomic mass is 10.1. The molecule has 0 bridgehead atoms. The van der Waals surface area contributed by atoms with E-state index in [2.05, 4.69) is 38.6 Å². The normalized spacial score (nSPS) is 10.5. The highest BCUT2D eigenvalue weighted by molar-refractivity contribution is 5.94. The highest BCUT2D eigenvalue weighted by Gasteiger charge is 2.13. The molecule has 1 aromatic heterocycles. The third-order valence-electron chi connectivity index (χ3n) is 5.27. The number of carbonyl (C=O) groups excluding carboxylic acids is 3. The Morgan fingerprint density at radius 1 is 1.19 bits per heavy atom. The average Bonchev–Trinajstić information content (AvgIpc) is 3.26. The summed E-state index contributed by atoms with van der Waals surface area (Å²) in [5.74, 6) is -0.516. The summed E-state index contributed by atoms with van der Waals surface area (Å²) < 4.78 is 4.88. The number of nitrogens with two attached hydrogens (primary N) is 1. The van der Waals surface area contributed by atoms with Gasteiger partial charge in [0, 0.05) is 31.3 Å². The fourth-order valence-corrected chi connectivity index (χ4v) is 3.33. The van der Waals surface area contributed by atoms with Gasteiger partial charge in [0.05, 0.1) is 12.1 Å². The molecule has 0 atom stereocenters. The Balaban J connectivity index is 2.25.